The van der Waals surface area contributed by atoms with E-state index in [-0.39, 0.29) is 46.9 Å². The number of amides is 2. The van der Waals surface area contributed by atoms with Gasteiger partial charge in [0.2, 0.25) is 11.8 Å². The summed E-state index contributed by atoms with van der Waals surface area (Å²) in [4.78, 5) is 39.7. The smallest absolute Gasteiger partial charge is 0.273 e. The van der Waals surface area contributed by atoms with Gasteiger partial charge in [-0.1, -0.05) is 49.6 Å². The fraction of sp³-hybridized carbons (Fsp3) is 0.375. The number of sulfonamides is 1. The van der Waals surface area contributed by atoms with Gasteiger partial charge in [-0.15, -0.1) is 0 Å². The summed E-state index contributed by atoms with van der Waals surface area (Å²) in [7, 11) is -3.35. The van der Waals surface area contributed by atoms with Crippen LogP contribution in [0.5, 0.6) is 5.75 Å². The standard InChI is InChI=1S/C32H36ClFN4O7S/c1-4-27(32(40)35-25-7-5-6-8-25)36(19-22-10-13-24(34)14-11-22)31(39)20-37(29-17-23(33)12-16-30(29)45-3)46(43,44)26-15-9-21(2)28(18-26)38(41)42/h9-18,25,27H,4-8,19-20H2,1-3H3,(H,35,40)/t27-/m0/s1. The van der Waals surface area contributed by atoms with Gasteiger partial charge in [-0.2, -0.15) is 0 Å². The number of aryl methyl sites for hydroxylation is 1. The molecule has 3 aromatic carbocycles. The van der Waals surface area contributed by atoms with Crippen LogP contribution < -0.4 is 14.4 Å². The van der Waals surface area contributed by atoms with Crippen molar-refractivity contribution >= 4 is 44.8 Å². The molecule has 0 unspecified atom stereocenters. The first-order valence-electron chi connectivity index (χ1n) is 14.8. The zero-order chi connectivity index (χ0) is 33.6. The number of rotatable bonds is 13. The molecule has 1 atom stereocenters. The van der Waals surface area contributed by atoms with Crippen LogP contribution in [0.15, 0.2) is 65.6 Å². The van der Waals surface area contributed by atoms with Crippen LogP contribution in [-0.2, 0) is 26.2 Å². The van der Waals surface area contributed by atoms with E-state index in [9.17, 15) is 32.5 Å². The molecule has 0 bridgehead atoms. The average molecular weight is 675 g/mol. The van der Waals surface area contributed by atoms with Gasteiger partial charge in [0.1, 0.15) is 24.2 Å². The normalized spacial score (nSPS) is 14.0. The second-order valence-electron chi connectivity index (χ2n) is 11.1. The molecule has 246 valence electrons. The summed E-state index contributed by atoms with van der Waals surface area (Å²) >= 11 is 6.27. The molecule has 3 aromatic rings. The van der Waals surface area contributed by atoms with Gasteiger partial charge < -0.3 is 15.0 Å². The van der Waals surface area contributed by atoms with E-state index in [2.05, 4.69) is 5.32 Å². The lowest BCUT2D eigenvalue weighted by Crippen LogP contribution is -2.53. The number of benzene rings is 3. The quantitative estimate of drug-likeness (QED) is 0.179. The van der Waals surface area contributed by atoms with Gasteiger partial charge in [0.05, 0.1) is 22.6 Å². The topological polar surface area (TPSA) is 139 Å². The molecule has 46 heavy (non-hydrogen) atoms. The molecular formula is C32H36ClFN4O7S. The van der Waals surface area contributed by atoms with E-state index in [0.717, 1.165) is 36.1 Å². The predicted molar refractivity (Wildman–Crippen MR) is 172 cm³/mol. The SMILES string of the molecule is CC[C@@H](C(=O)NC1CCCC1)N(Cc1ccc(F)cc1)C(=O)CN(c1cc(Cl)ccc1OC)S(=O)(=O)c1ccc(C)c([N+](=O)[O-])c1. The summed E-state index contributed by atoms with van der Waals surface area (Å²) in [6.07, 6.45) is 3.80. The van der Waals surface area contributed by atoms with Crippen molar-refractivity contribution < 1.29 is 32.1 Å². The molecule has 0 aromatic heterocycles. The molecule has 1 saturated carbocycles. The van der Waals surface area contributed by atoms with Crippen LogP contribution in [0.3, 0.4) is 0 Å². The number of nitro benzene ring substituents is 1. The van der Waals surface area contributed by atoms with Crippen molar-refractivity contribution in [3.63, 3.8) is 0 Å². The van der Waals surface area contributed by atoms with Crippen LogP contribution in [0.2, 0.25) is 5.02 Å². The van der Waals surface area contributed by atoms with E-state index in [1.54, 1.807) is 6.92 Å². The monoisotopic (exact) mass is 674 g/mol. The van der Waals surface area contributed by atoms with Crippen molar-refractivity contribution in [3.05, 3.63) is 92.7 Å². The molecule has 11 nitrogen and oxygen atoms in total. The zero-order valence-corrected chi connectivity index (χ0v) is 27.3. The van der Waals surface area contributed by atoms with E-state index in [4.69, 9.17) is 16.3 Å². The second-order valence-corrected chi connectivity index (χ2v) is 13.4. The Morgan fingerprint density at radius 1 is 1.11 bits per heavy atom. The lowest BCUT2D eigenvalue weighted by molar-refractivity contribution is -0.385. The first-order valence-corrected chi connectivity index (χ1v) is 16.6. The molecule has 14 heteroatoms. The highest BCUT2D eigenvalue weighted by molar-refractivity contribution is 7.92. The second kappa shape index (κ2) is 14.9. The van der Waals surface area contributed by atoms with Crippen molar-refractivity contribution in [1.29, 1.82) is 0 Å². The molecule has 2 amide bonds. The summed E-state index contributed by atoms with van der Waals surface area (Å²) in [6, 6.07) is 12.1. The minimum Gasteiger partial charge on any atom is -0.495 e. The highest BCUT2D eigenvalue weighted by atomic mass is 35.5. The Morgan fingerprint density at radius 3 is 2.39 bits per heavy atom. The van der Waals surface area contributed by atoms with Crippen LogP contribution in [0, 0.1) is 22.9 Å². The van der Waals surface area contributed by atoms with Gasteiger partial charge in [-0.3, -0.25) is 24.0 Å². The Bertz CT molecular complexity index is 1700. The number of nitrogens with one attached hydrogen (secondary N) is 1. The number of methoxy groups -OCH3 is 1. The number of anilines is 1. The van der Waals surface area contributed by atoms with Crippen molar-refractivity contribution in [1.82, 2.24) is 10.2 Å². The maximum atomic E-state index is 14.3. The maximum absolute atomic E-state index is 14.3. The molecule has 1 N–H and O–H groups in total. The summed E-state index contributed by atoms with van der Waals surface area (Å²) in [6.45, 7) is 2.29. The first-order chi connectivity index (χ1) is 21.8. The van der Waals surface area contributed by atoms with E-state index in [1.165, 1.54) is 73.5 Å². The Kier molecular flexibility index (Phi) is 11.2. The molecule has 4 rings (SSSR count). The number of hydrogen-bond acceptors (Lipinski definition) is 7. The van der Waals surface area contributed by atoms with Gasteiger partial charge in [-0.25, -0.2) is 12.8 Å². The number of nitro groups is 1. The third-order valence-corrected chi connectivity index (χ3v) is 10.00. The average Bonchev–Trinajstić information content (AvgIpc) is 3.53. The molecule has 0 saturated heterocycles. The molecular weight excluding hydrogens is 639 g/mol. The molecule has 1 fully saturated rings. The minimum atomic E-state index is -4.66. The highest BCUT2D eigenvalue weighted by Gasteiger charge is 2.36. The van der Waals surface area contributed by atoms with E-state index >= 15 is 0 Å². The Labute approximate surface area is 272 Å². The van der Waals surface area contributed by atoms with Gasteiger partial charge in [-0.05, 0) is 68.1 Å². The lowest BCUT2D eigenvalue weighted by atomic mass is 10.1. The number of ether oxygens (including phenoxy) is 1. The summed E-state index contributed by atoms with van der Waals surface area (Å²) in [5.74, 6) is -1.54. The first kappa shape index (κ1) is 34.6. The molecule has 0 aliphatic heterocycles. The van der Waals surface area contributed by atoms with Gasteiger partial charge in [0, 0.05) is 29.2 Å². The maximum Gasteiger partial charge on any atom is 0.273 e. The van der Waals surface area contributed by atoms with Crippen molar-refractivity contribution in [2.24, 2.45) is 0 Å². The van der Waals surface area contributed by atoms with Crippen LogP contribution in [-0.4, -0.2) is 55.8 Å². The van der Waals surface area contributed by atoms with Gasteiger partial charge in [0.25, 0.3) is 15.7 Å². The van der Waals surface area contributed by atoms with Crippen molar-refractivity contribution in [2.45, 2.75) is 69.5 Å². The molecule has 0 heterocycles. The minimum absolute atomic E-state index is 0.0331. The van der Waals surface area contributed by atoms with Crippen LogP contribution in [0.1, 0.15) is 50.2 Å². The number of carbonyl (C=O) groups is 2. The molecule has 0 radical (unpaired) electrons. The molecule has 1 aliphatic carbocycles. The fourth-order valence-corrected chi connectivity index (χ4v) is 7.12. The van der Waals surface area contributed by atoms with Gasteiger partial charge in [0.15, 0.2) is 0 Å². The van der Waals surface area contributed by atoms with Crippen molar-refractivity contribution in [2.75, 3.05) is 18.0 Å². The third-order valence-electron chi connectivity index (χ3n) is 8.01. The summed E-state index contributed by atoms with van der Waals surface area (Å²) in [5, 5.41) is 14.8. The van der Waals surface area contributed by atoms with E-state index in [1.807, 2.05) is 0 Å². The number of halogens is 2. The third kappa shape index (κ3) is 7.94. The summed E-state index contributed by atoms with van der Waals surface area (Å²) in [5.41, 5.74) is 0.261. The van der Waals surface area contributed by atoms with Crippen molar-refractivity contribution in [3.8, 4) is 5.75 Å². The Morgan fingerprint density at radius 2 is 1.78 bits per heavy atom. The zero-order valence-electron chi connectivity index (χ0n) is 25.7. The predicted octanol–water partition coefficient (Wildman–Crippen LogP) is 5.77. The number of nitrogens with zero attached hydrogens (tertiary/aromatic N) is 3. The Balaban J connectivity index is 1.81. The van der Waals surface area contributed by atoms with E-state index < -0.39 is 49.8 Å². The Hall–Kier alpha value is -4.23. The van der Waals surface area contributed by atoms with Crippen LogP contribution in [0.4, 0.5) is 15.8 Å². The molecule has 1 aliphatic rings. The fourth-order valence-electron chi connectivity index (χ4n) is 5.52. The van der Waals surface area contributed by atoms with Crippen LogP contribution in [0.25, 0.3) is 0 Å². The summed E-state index contributed by atoms with van der Waals surface area (Å²) < 4.78 is 48.5. The largest absolute Gasteiger partial charge is 0.495 e. The van der Waals surface area contributed by atoms with E-state index in [0.29, 0.717) is 5.56 Å². The highest BCUT2D eigenvalue weighted by Crippen LogP contribution is 2.36. The van der Waals surface area contributed by atoms with Gasteiger partial charge >= 0.3 is 0 Å². The number of carbonyl (C=O) groups excluding carboxylic acids is 2. The number of hydrogen-bond donors (Lipinski definition) is 1. The lowest BCUT2D eigenvalue weighted by Gasteiger charge is -2.34. The van der Waals surface area contributed by atoms with Crippen LogP contribution >= 0.6 is 11.6 Å². The molecule has 0 spiro atoms.